The van der Waals surface area contributed by atoms with Gasteiger partial charge in [-0.3, -0.25) is 14.9 Å². The van der Waals surface area contributed by atoms with Gasteiger partial charge in [0.1, 0.15) is 0 Å². The first-order valence-corrected chi connectivity index (χ1v) is 10.6. The SMILES string of the molecule is Cl.O=C(CCNS(=O)(=O)c1cccc([N+](=O)[O-])c1)N1CC[C@@H]2CNC[C@@H]2CC1. The molecule has 0 aliphatic carbocycles. The van der Waals surface area contributed by atoms with Gasteiger partial charge in [-0.2, -0.15) is 0 Å². The van der Waals surface area contributed by atoms with Crippen LogP contribution in [-0.4, -0.2) is 56.9 Å². The Hall–Kier alpha value is -1.75. The number of amides is 1. The lowest BCUT2D eigenvalue weighted by molar-refractivity contribution is -0.385. The van der Waals surface area contributed by atoms with Crippen LogP contribution in [0.4, 0.5) is 5.69 Å². The Bertz CT molecular complexity index is 806. The van der Waals surface area contributed by atoms with E-state index in [4.69, 9.17) is 0 Å². The van der Waals surface area contributed by atoms with Crippen molar-refractivity contribution in [2.24, 2.45) is 11.8 Å². The molecule has 2 aliphatic rings. The molecule has 0 spiro atoms. The summed E-state index contributed by atoms with van der Waals surface area (Å²) in [5.74, 6) is 1.18. The maximum Gasteiger partial charge on any atom is 0.270 e. The largest absolute Gasteiger partial charge is 0.343 e. The average Bonchev–Trinajstić information content (AvgIpc) is 2.99. The van der Waals surface area contributed by atoms with Gasteiger partial charge >= 0.3 is 0 Å². The maximum absolute atomic E-state index is 12.4. The zero-order valence-electron chi connectivity index (χ0n) is 15.4. The van der Waals surface area contributed by atoms with Crippen molar-refractivity contribution in [2.45, 2.75) is 24.2 Å². The van der Waals surface area contributed by atoms with Crippen molar-refractivity contribution in [3.05, 3.63) is 34.4 Å². The maximum atomic E-state index is 12.4. The normalized spacial score (nSPS) is 22.1. The van der Waals surface area contributed by atoms with Gasteiger partial charge in [0.2, 0.25) is 15.9 Å². The molecule has 28 heavy (non-hydrogen) atoms. The number of hydrogen-bond donors (Lipinski definition) is 2. The van der Waals surface area contributed by atoms with E-state index in [1.807, 2.05) is 4.90 Å². The van der Waals surface area contributed by atoms with Crippen LogP contribution in [0, 0.1) is 22.0 Å². The Kier molecular flexibility index (Phi) is 7.76. The Morgan fingerprint density at radius 3 is 2.50 bits per heavy atom. The highest BCUT2D eigenvalue weighted by Crippen LogP contribution is 2.27. The average molecular weight is 433 g/mol. The summed E-state index contributed by atoms with van der Waals surface area (Å²) < 4.78 is 26.9. The van der Waals surface area contributed by atoms with Crippen molar-refractivity contribution < 1.29 is 18.1 Å². The first-order chi connectivity index (χ1) is 12.9. The van der Waals surface area contributed by atoms with Crippen molar-refractivity contribution >= 4 is 34.0 Å². The second-order valence-corrected chi connectivity index (χ2v) is 8.81. The molecule has 0 saturated carbocycles. The van der Waals surface area contributed by atoms with Crippen LogP contribution in [0.5, 0.6) is 0 Å². The van der Waals surface area contributed by atoms with Crippen molar-refractivity contribution in [3.8, 4) is 0 Å². The van der Waals surface area contributed by atoms with Gasteiger partial charge in [0.25, 0.3) is 5.69 Å². The van der Waals surface area contributed by atoms with Gasteiger partial charge in [-0.15, -0.1) is 12.4 Å². The van der Waals surface area contributed by atoms with E-state index in [0.717, 1.165) is 32.0 Å². The fourth-order valence-corrected chi connectivity index (χ4v) is 4.84. The third-order valence-corrected chi connectivity index (χ3v) is 6.80. The summed E-state index contributed by atoms with van der Waals surface area (Å²) in [7, 11) is -3.90. The number of fused-ring (bicyclic) bond motifs is 1. The number of benzene rings is 1. The molecular formula is C17H25ClN4O5S. The van der Waals surface area contributed by atoms with Gasteiger partial charge in [0.15, 0.2) is 0 Å². The van der Waals surface area contributed by atoms with Gasteiger partial charge < -0.3 is 10.2 Å². The molecule has 2 N–H and O–H groups in total. The number of nitro groups is 1. The van der Waals surface area contributed by atoms with Crippen LogP contribution < -0.4 is 10.0 Å². The highest BCUT2D eigenvalue weighted by Gasteiger charge is 2.31. The molecule has 2 saturated heterocycles. The topological polar surface area (TPSA) is 122 Å². The predicted octanol–water partition coefficient (Wildman–Crippen LogP) is 1.14. The van der Waals surface area contributed by atoms with E-state index in [-0.39, 0.29) is 41.9 Å². The standard InChI is InChI=1S/C17H24N4O5S.ClH/c22-17(20-8-5-13-11-18-12-14(13)6-9-20)4-7-19-27(25,26)16-3-1-2-15(10-16)21(23)24;/h1-3,10,13-14,18-19H,4-9,11-12H2;1H/t13-,14+;. The number of nitrogens with zero attached hydrogens (tertiary/aromatic N) is 2. The minimum absolute atomic E-state index is 0. The van der Waals surface area contributed by atoms with Crippen molar-refractivity contribution in [3.63, 3.8) is 0 Å². The summed E-state index contributed by atoms with van der Waals surface area (Å²) >= 11 is 0. The third-order valence-electron chi connectivity index (χ3n) is 5.34. The number of halogens is 1. The Balaban J connectivity index is 0.00000280. The summed E-state index contributed by atoms with van der Waals surface area (Å²) in [5, 5.41) is 14.2. The van der Waals surface area contributed by atoms with E-state index in [0.29, 0.717) is 24.9 Å². The molecule has 1 aromatic rings. The molecule has 1 amide bonds. The van der Waals surface area contributed by atoms with E-state index in [1.165, 1.54) is 18.2 Å². The number of rotatable bonds is 6. The summed E-state index contributed by atoms with van der Waals surface area (Å²) in [6.07, 6.45) is 2.02. The van der Waals surface area contributed by atoms with Crippen LogP contribution in [0.25, 0.3) is 0 Å². The number of carbonyl (C=O) groups is 1. The molecule has 9 nitrogen and oxygen atoms in total. The zero-order valence-corrected chi connectivity index (χ0v) is 17.0. The molecule has 1 aromatic carbocycles. The number of likely N-dealkylation sites (tertiary alicyclic amines) is 1. The fraction of sp³-hybridized carbons (Fsp3) is 0.588. The highest BCUT2D eigenvalue weighted by molar-refractivity contribution is 7.89. The smallest absolute Gasteiger partial charge is 0.270 e. The summed E-state index contributed by atoms with van der Waals surface area (Å²) in [6.45, 7) is 3.40. The van der Waals surface area contributed by atoms with Crippen LogP contribution in [0.15, 0.2) is 29.2 Å². The zero-order chi connectivity index (χ0) is 19.4. The van der Waals surface area contributed by atoms with Gasteiger partial charge in [-0.25, -0.2) is 13.1 Å². The monoisotopic (exact) mass is 432 g/mol. The van der Waals surface area contributed by atoms with Crippen LogP contribution in [-0.2, 0) is 14.8 Å². The van der Waals surface area contributed by atoms with E-state index in [2.05, 4.69) is 10.0 Å². The minimum atomic E-state index is -3.90. The lowest BCUT2D eigenvalue weighted by atomic mass is 9.92. The van der Waals surface area contributed by atoms with Crippen molar-refractivity contribution in [1.82, 2.24) is 14.9 Å². The molecular weight excluding hydrogens is 408 g/mol. The van der Waals surface area contributed by atoms with Crippen molar-refractivity contribution in [2.75, 3.05) is 32.7 Å². The summed E-state index contributed by atoms with van der Waals surface area (Å²) in [6, 6.07) is 4.85. The number of non-ortho nitro benzene ring substituents is 1. The first-order valence-electron chi connectivity index (χ1n) is 9.09. The van der Waals surface area contributed by atoms with Crippen LogP contribution in [0.3, 0.4) is 0 Å². The second kappa shape index (κ2) is 9.64. The molecule has 0 unspecified atom stereocenters. The summed E-state index contributed by atoms with van der Waals surface area (Å²) in [4.78, 5) is 24.2. The number of sulfonamides is 1. The molecule has 156 valence electrons. The van der Waals surface area contributed by atoms with Gasteiger partial charge in [-0.05, 0) is 43.8 Å². The highest BCUT2D eigenvalue weighted by atomic mass is 35.5. The van der Waals surface area contributed by atoms with E-state index < -0.39 is 14.9 Å². The molecule has 2 fully saturated rings. The summed E-state index contributed by atoms with van der Waals surface area (Å²) in [5.41, 5.74) is -0.293. The Labute approximate surface area is 170 Å². The molecule has 0 radical (unpaired) electrons. The Morgan fingerprint density at radius 1 is 1.25 bits per heavy atom. The predicted molar refractivity (Wildman–Crippen MR) is 106 cm³/mol. The first kappa shape index (κ1) is 22.5. The minimum Gasteiger partial charge on any atom is -0.343 e. The molecule has 0 bridgehead atoms. The van der Waals surface area contributed by atoms with Crippen LogP contribution >= 0.6 is 12.4 Å². The number of hydrogen-bond acceptors (Lipinski definition) is 6. The number of carbonyl (C=O) groups excluding carboxylic acids is 1. The molecule has 2 atom stereocenters. The quantitative estimate of drug-likeness (QED) is 0.513. The van der Waals surface area contributed by atoms with Crippen LogP contribution in [0.1, 0.15) is 19.3 Å². The fourth-order valence-electron chi connectivity index (χ4n) is 3.77. The van der Waals surface area contributed by atoms with Gasteiger partial charge in [0, 0.05) is 38.2 Å². The van der Waals surface area contributed by atoms with Crippen LogP contribution in [0.2, 0.25) is 0 Å². The molecule has 2 heterocycles. The van der Waals surface area contributed by atoms with E-state index in [9.17, 15) is 23.3 Å². The van der Waals surface area contributed by atoms with Crippen molar-refractivity contribution in [1.29, 1.82) is 0 Å². The Morgan fingerprint density at radius 2 is 1.89 bits per heavy atom. The lowest BCUT2D eigenvalue weighted by Crippen LogP contribution is -2.35. The molecule has 0 aromatic heterocycles. The van der Waals surface area contributed by atoms with Gasteiger partial charge in [-0.1, -0.05) is 6.07 Å². The van der Waals surface area contributed by atoms with Gasteiger partial charge in [0.05, 0.1) is 9.82 Å². The van der Waals surface area contributed by atoms with E-state index in [1.54, 1.807) is 0 Å². The third kappa shape index (κ3) is 5.40. The number of nitro benzene ring substituents is 1. The molecule has 3 rings (SSSR count). The second-order valence-electron chi connectivity index (χ2n) is 7.04. The lowest BCUT2D eigenvalue weighted by Gasteiger charge is -2.21. The molecule has 11 heteroatoms. The number of nitrogens with one attached hydrogen (secondary N) is 2. The molecule has 2 aliphatic heterocycles. The van der Waals surface area contributed by atoms with E-state index >= 15 is 0 Å².